The van der Waals surface area contributed by atoms with Gasteiger partial charge in [-0.1, -0.05) is 0 Å². The molecule has 1 atom stereocenters. The lowest BCUT2D eigenvalue weighted by Gasteiger charge is -2.19. The average molecular weight is 458 g/mol. The SMILES string of the molecule is CCOC(=O)[C@@H](C)N1C(=O)S/C(=C/c2cc(Br)c(OC)c(OCC)c2)C1=O. The molecule has 7 nitrogen and oxygen atoms in total. The van der Waals surface area contributed by atoms with Crippen LogP contribution in [0.5, 0.6) is 11.5 Å². The molecule has 0 aliphatic carbocycles. The topological polar surface area (TPSA) is 82.1 Å². The zero-order valence-corrected chi connectivity index (χ0v) is 17.8. The van der Waals surface area contributed by atoms with E-state index in [4.69, 9.17) is 14.2 Å². The third-order valence-corrected chi connectivity index (χ3v) is 5.14. The molecule has 0 unspecified atom stereocenters. The number of imide groups is 1. The van der Waals surface area contributed by atoms with E-state index in [0.29, 0.717) is 28.1 Å². The van der Waals surface area contributed by atoms with Crippen molar-refractivity contribution in [1.82, 2.24) is 4.90 Å². The summed E-state index contributed by atoms with van der Waals surface area (Å²) in [6.07, 6.45) is 1.58. The summed E-state index contributed by atoms with van der Waals surface area (Å²) in [5, 5.41) is -0.510. The Labute approximate surface area is 170 Å². The van der Waals surface area contributed by atoms with Gasteiger partial charge in [-0.2, -0.15) is 0 Å². The Kier molecular flexibility index (Phi) is 7.32. The molecule has 0 saturated carbocycles. The van der Waals surface area contributed by atoms with Gasteiger partial charge in [-0.05, 0) is 72.2 Å². The van der Waals surface area contributed by atoms with E-state index in [1.54, 1.807) is 25.1 Å². The summed E-state index contributed by atoms with van der Waals surface area (Å²) in [6, 6.07) is 2.49. The van der Waals surface area contributed by atoms with Crippen molar-refractivity contribution in [3.63, 3.8) is 0 Å². The van der Waals surface area contributed by atoms with Gasteiger partial charge in [0.2, 0.25) is 0 Å². The van der Waals surface area contributed by atoms with Gasteiger partial charge in [-0.15, -0.1) is 0 Å². The molecule has 2 rings (SSSR count). The Morgan fingerprint density at radius 2 is 2.00 bits per heavy atom. The van der Waals surface area contributed by atoms with Crippen LogP contribution in [-0.4, -0.2) is 48.4 Å². The average Bonchev–Trinajstić information content (AvgIpc) is 2.88. The van der Waals surface area contributed by atoms with E-state index in [9.17, 15) is 14.4 Å². The highest BCUT2D eigenvalue weighted by Gasteiger charge is 2.41. The molecule has 0 N–H and O–H groups in total. The predicted molar refractivity (Wildman–Crippen MR) is 106 cm³/mol. The van der Waals surface area contributed by atoms with Gasteiger partial charge in [0.25, 0.3) is 11.1 Å². The number of carbonyl (C=O) groups excluding carboxylic acids is 3. The smallest absolute Gasteiger partial charge is 0.329 e. The molecule has 1 fully saturated rings. The first-order valence-electron chi connectivity index (χ1n) is 8.28. The van der Waals surface area contributed by atoms with Crippen molar-refractivity contribution in [3.05, 3.63) is 27.1 Å². The van der Waals surface area contributed by atoms with Crippen molar-refractivity contribution in [2.24, 2.45) is 0 Å². The number of nitrogens with zero attached hydrogens (tertiary/aromatic N) is 1. The highest BCUT2D eigenvalue weighted by atomic mass is 79.9. The van der Waals surface area contributed by atoms with Crippen molar-refractivity contribution >= 4 is 50.9 Å². The predicted octanol–water partition coefficient (Wildman–Crippen LogP) is 3.84. The van der Waals surface area contributed by atoms with Crippen LogP contribution in [0, 0.1) is 0 Å². The fourth-order valence-corrected chi connectivity index (χ4v) is 4.00. The number of carbonyl (C=O) groups is 3. The van der Waals surface area contributed by atoms with Gasteiger partial charge >= 0.3 is 5.97 Å². The molecule has 1 saturated heterocycles. The number of ether oxygens (including phenoxy) is 3. The second kappa shape index (κ2) is 9.27. The highest BCUT2D eigenvalue weighted by molar-refractivity contribution is 9.10. The van der Waals surface area contributed by atoms with Crippen LogP contribution in [0.2, 0.25) is 0 Å². The van der Waals surface area contributed by atoms with Gasteiger partial charge < -0.3 is 14.2 Å². The van der Waals surface area contributed by atoms with Crippen molar-refractivity contribution in [2.45, 2.75) is 26.8 Å². The van der Waals surface area contributed by atoms with Crippen LogP contribution >= 0.6 is 27.7 Å². The lowest BCUT2D eigenvalue weighted by Crippen LogP contribution is -2.42. The first-order valence-corrected chi connectivity index (χ1v) is 9.88. The standard InChI is InChI=1S/C18H20BrNO6S/c1-5-25-13-8-11(7-12(19)15(13)24-4)9-14-16(21)20(18(23)27-14)10(3)17(22)26-6-2/h7-10H,5-6H2,1-4H3/b14-9+/t10-/m1/s1. The number of rotatable bonds is 7. The maximum Gasteiger partial charge on any atom is 0.329 e. The van der Waals surface area contributed by atoms with E-state index in [1.807, 2.05) is 6.92 Å². The van der Waals surface area contributed by atoms with E-state index in [0.717, 1.165) is 16.7 Å². The first kappa shape index (κ1) is 21.3. The lowest BCUT2D eigenvalue weighted by molar-refractivity contribution is -0.150. The zero-order valence-electron chi connectivity index (χ0n) is 15.4. The molecule has 1 aromatic rings. The molecule has 27 heavy (non-hydrogen) atoms. The molecule has 2 amide bonds. The minimum atomic E-state index is -0.982. The number of esters is 1. The highest BCUT2D eigenvalue weighted by Crippen LogP contribution is 2.39. The summed E-state index contributed by atoms with van der Waals surface area (Å²) in [5.74, 6) is -0.0971. The lowest BCUT2D eigenvalue weighted by atomic mass is 10.1. The Morgan fingerprint density at radius 3 is 2.59 bits per heavy atom. The van der Waals surface area contributed by atoms with Crippen LogP contribution in [0.4, 0.5) is 4.79 Å². The van der Waals surface area contributed by atoms with Gasteiger partial charge in [0.15, 0.2) is 11.5 Å². The van der Waals surface area contributed by atoms with Crippen LogP contribution in [0.1, 0.15) is 26.3 Å². The van der Waals surface area contributed by atoms with E-state index in [-0.39, 0.29) is 11.5 Å². The molecule has 9 heteroatoms. The van der Waals surface area contributed by atoms with Crippen molar-refractivity contribution in [2.75, 3.05) is 20.3 Å². The van der Waals surface area contributed by atoms with Crippen LogP contribution in [0.25, 0.3) is 6.08 Å². The van der Waals surface area contributed by atoms with Crippen LogP contribution < -0.4 is 9.47 Å². The minimum Gasteiger partial charge on any atom is -0.492 e. The van der Waals surface area contributed by atoms with Crippen LogP contribution in [0.15, 0.2) is 21.5 Å². The largest absolute Gasteiger partial charge is 0.492 e. The number of hydrogen-bond donors (Lipinski definition) is 0. The van der Waals surface area contributed by atoms with Crippen molar-refractivity contribution < 1.29 is 28.6 Å². The third kappa shape index (κ3) is 4.65. The summed E-state index contributed by atoms with van der Waals surface area (Å²) in [5.41, 5.74) is 0.653. The van der Waals surface area contributed by atoms with E-state index >= 15 is 0 Å². The number of thioether (sulfide) groups is 1. The van der Waals surface area contributed by atoms with Gasteiger partial charge in [0.05, 0.1) is 29.7 Å². The molecular weight excluding hydrogens is 438 g/mol. The van der Waals surface area contributed by atoms with Gasteiger partial charge in [0, 0.05) is 0 Å². The minimum absolute atomic E-state index is 0.176. The van der Waals surface area contributed by atoms with E-state index < -0.39 is 23.2 Å². The first-order chi connectivity index (χ1) is 12.8. The van der Waals surface area contributed by atoms with Crippen molar-refractivity contribution in [3.8, 4) is 11.5 Å². The molecule has 1 aliphatic heterocycles. The molecule has 146 valence electrons. The van der Waals surface area contributed by atoms with Gasteiger partial charge in [0.1, 0.15) is 6.04 Å². The molecule has 1 aliphatic rings. The summed E-state index contributed by atoms with van der Waals surface area (Å²) < 4.78 is 16.4. The second-order valence-electron chi connectivity index (χ2n) is 5.45. The van der Waals surface area contributed by atoms with E-state index in [1.165, 1.54) is 14.0 Å². The van der Waals surface area contributed by atoms with Gasteiger partial charge in [-0.25, -0.2) is 4.79 Å². The zero-order chi connectivity index (χ0) is 20.1. The Hall–Kier alpha value is -2.00. The molecule has 1 aromatic carbocycles. The van der Waals surface area contributed by atoms with Crippen LogP contribution in [-0.2, 0) is 14.3 Å². The Morgan fingerprint density at radius 1 is 1.30 bits per heavy atom. The summed E-state index contributed by atoms with van der Waals surface area (Å²) in [4.78, 5) is 37.9. The summed E-state index contributed by atoms with van der Waals surface area (Å²) >= 11 is 4.19. The Bertz CT molecular complexity index is 794. The third-order valence-electron chi connectivity index (χ3n) is 3.67. The van der Waals surface area contributed by atoms with E-state index in [2.05, 4.69) is 15.9 Å². The number of halogens is 1. The number of hydrogen-bond acceptors (Lipinski definition) is 7. The maximum absolute atomic E-state index is 12.6. The fourth-order valence-electron chi connectivity index (χ4n) is 2.47. The number of methoxy groups -OCH3 is 1. The normalized spacial score (nSPS) is 16.6. The molecule has 0 spiro atoms. The second-order valence-corrected chi connectivity index (χ2v) is 7.29. The quantitative estimate of drug-likeness (QED) is 0.454. The Balaban J connectivity index is 2.34. The maximum atomic E-state index is 12.6. The molecule has 0 bridgehead atoms. The summed E-state index contributed by atoms with van der Waals surface area (Å²) in [7, 11) is 1.53. The van der Waals surface area contributed by atoms with Gasteiger partial charge in [-0.3, -0.25) is 14.5 Å². The number of benzene rings is 1. The molecular formula is C18H20BrNO6S. The summed E-state index contributed by atoms with van der Waals surface area (Å²) in [6.45, 7) is 5.60. The molecule has 0 aromatic heterocycles. The van der Waals surface area contributed by atoms with Crippen LogP contribution in [0.3, 0.4) is 0 Å². The monoisotopic (exact) mass is 457 g/mol. The molecule has 0 radical (unpaired) electrons. The fraction of sp³-hybridized carbons (Fsp3) is 0.389. The molecule has 1 heterocycles. The number of amides is 2. The van der Waals surface area contributed by atoms with Crippen molar-refractivity contribution in [1.29, 1.82) is 0 Å².